The van der Waals surface area contributed by atoms with Gasteiger partial charge >= 0.3 is 0 Å². The molecule has 0 fully saturated rings. The average molecular weight is 781 g/mol. The van der Waals surface area contributed by atoms with Gasteiger partial charge in [-0.05, 0) is 80.6 Å². The smallest absolute Gasteiger partial charge is 0.226 e. The van der Waals surface area contributed by atoms with Gasteiger partial charge in [0.2, 0.25) is 11.8 Å². The fraction of sp³-hybridized carbons (Fsp3) is 0.455. The first-order chi connectivity index (χ1) is 27.3. The maximum Gasteiger partial charge on any atom is 0.226 e. The van der Waals surface area contributed by atoms with Gasteiger partial charge in [0.05, 0.1) is 12.1 Å². The monoisotopic (exact) mass is 780 g/mol. The Morgan fingerprint density at radius 1 is 0.912 bits per heavy atom. The third-order valence-corrected chi connectivity index (χ3v) is 10.2. The number of nitrogens with two attached hydrogens (primary N) is 3. The second kappa shape index (κ2) is 21.2. The van der Waals surface area contributed by atoms with Gasteiger partial charge in [-0.2, -0.15) is 5.26 Å². The lowest BCUT2D eigenvalue weighted by molar-refractivity contribution is -0.142. The van der Waals surface area contributed by atoms with Crippen molar-refractivity contribution in [3.63, 3.8) is 0 Å². The summed E-state index contributed by atoms with van der Waals surface area (Å²) < 4.78 is 12.2. The van der Waals surface area contributed by atoms with Crippen LogP contribution in [0.3, 0.4) is 0 Å². The lowest BCUT2D eigenvalue weighted by atomic mass is 9.87. The Balaban J connectivity index is 1.89. The Morgan fingerprint density at radius 3 is 2.21 bits per heavy atom. The first-order valence-electron chi connectivity index (χ1n) is 19.6. The molecule has 0 unspecified atom stereocenters. The van der Waals surface area contributed by atoms with Crippen LogP contribution in [-0.4, -0.2) is 80.0 Å². The van der Waals surface area contributed by atoms with Crippen molar-refractivity contribution in [2.24, 2.45) is 29.0 Å². The number of fused-ring (bicyclic) bond motifs is 5. The minimum Gasteiger partial charge on any atom is -0.492 e. The van der Waals surface area contributed by atoms with Crippen LogP contribution in [-0.2, 0) is 25.6 Å². The van der Waals surface area contributed by atoms with Gasteiger partial charge in [0.15, 0.2) is 17.3 Å². The number of nitrogens with one attached hydrogen (secondary N) is 1. The van der Waals surface area contributed by atoms with Crippen molar-refractivity contribution in [1.82, 2.24) is 10.2 Å². The second-order valence-electron chi connectivity index (χ2n) is 14.7. The number of hydrogen-bond donors (Lipinski definition) is 4. The van der Waals surface area contributed by atoms with E-state index in [1.807, 2.05) is 38.1 Å². The number of amides is 2. The average Bonchev–Trinajstić information content (AvgIpc) is 3.19. The number of nitriles is 1. The topological polar surface area (TPSA) is 221 Å². The van der Waals surface area contributed by atoms with Crippen LogP contribution in [0.25, 0.3) is 11.1 Å². The van der Waals surface area contributed by atoms with Crippen molar-refractivity contribution in [3.05, 3.63) is 82.4 Å². The number of aryl methyl sites for hydroxylation is 2. The molecule has 13 heteroatoms. The predicted octanol–water partition coefficient (Wildman–Crippen LogP) is 4.28. The standard InChI is InChI=1S/C44H56N6O7/c1-27-9-12-33(28(2)21-27)38(52)26-32(7-5-15-45)44(55)50(4)42-31-11-14-41(57-20-18-48)35(25-31)34-23-30(10-13-40(34)56-19-17-47)24-36(37(51)8-6-16-46)49-43(54)29(3)22-39(42)53/h9-14,21,23,25,29,32,36,42H,5-8,15,17-20,22,24,26,45,47-48H2,1-4H3,(H,49,54)/t29-,32-,36+,42+/m1/s1. The Bertz CT molecular complexity index is 1970. The minimum atomic E-state index is -1.18. The molecule has 7 N–H and O–H groups in total. The summed E-state index contributed by atoms with van der Waals surface area (Å²) in [4.78, 5) is 71.4. The van der Waals surface area contributed by atoms with Crippen LogP contribution in [0.15, 0.2) is 54.6 Å². The summed E-state index contributed by atoms with van der Waals surface area (Å²) in [5.74, 6) is -2.64. The molecule has 1 heterocycles. The Hall–Kier alpha value is -5.42. The molecule has 3 aromatic rings. The molecule has 4 rings (SSSR count). The molecule has 2 amide bonds. The lowest BCUT2D eigenvalue weighted by Crippen LogP contribution is -2.45. The molecule has 1 aliphatic rings. The summed E-state index contributed by atoms with van der Waals surface area (Å²) >= 11 is 0. The molecule has 0 saturated carbocycles. The van der Waals surface area contributed by atoms with Crippen LogP contribution in [0.1, 0.15) is 84.1 Å². The first-order valence-corrected chi connectivity index (χ1v) is 19.6. The van der Waals surface area contributed by atoms with Crippen LogP contribution in [0, 0.1) is 37.0 Å². The van der Waals surface area contributed by atoms with Crippen LogP contribution in [0.5, 0.6) is 11.5 Å². The SMILES string of the molecule is Cc1ccc(C(=O)C[C@@H](CCCN)C(=O)N(C)[C@@H]2C(=O)C[C@@H](C)C(=O)N[C@H](C(=O)CCC#N)Cc3ccc(OCCN)c(c3)-c3cc2ccc3OCCN)c(C)c1. The molecule has 0 aliphatic carbocycles. The van der Waals surface area contributed by atoms with Gasteiger partial charge in [-0.1, -0.05) is 42.8 Å². The quantitative estimate of drug-likeness (QED) is 0.142. The number of hydrogen-bond acceptors (Lipinski definition) is 11. The van der Waals surface area contributed by atoms with E-state index in [-0.39, 0.29) is 70.0 Å². The first kappa shape index (κ1) is 44.3. The fourth-order valence-electron chi connectivity index (χ4n) is 7.26. The highest BCUT2D eigenvalue weighted by atomic mass is 16.5. The van der Waals surface area contributed by atoms with Crippen molar-refractivity contribution >= 4 is 29.2 Å². The highest BCUT2D eigenvalue weighted by Gasteiger charge is 2.36. The molecule has 13 nitrogen and oxygen atoms in total. The van der Waals surface area contributed by atoms with Gasteiger partial charge in [0, 0.05) is 74.3 Å². The molecular formula is C44H56N6O7. The van der Waals surface area contributed by atoms with Gasteiger partial charge in [0.25, 0.3) is 0 Å². The number of nitrogens with zero attached hydrogens (tertiary/aromatic N) is 2. The van der Waals surface area contributed by atoms with E-state index in [9.17, 15) is 29.2 Å². The number of carbonyl (C=O) groups excluding carboxylic acids is 5. The van der Waals surface area contributed by atoms with Gasteiger partial charge in [-0.15, -0.1) is 0 Å². The van der Waals surface area contributed by atoms with E-state index in [1.165, 1.54) is 11.9 Å². The van der Waals surface area contributed by atoms with E-state index in [4.69, 9.17) is 26.7 Å². The minimum absolute atomic E-state index is 0.0183. The van der Waals surface area contributed by atoms with Crippen molar-refractivity contribution < 1.29 is 33.4 Å². The summed E-state index contributed by atoms with van der Waals surface area (Å²) in [7, 11) is 1.54. The third kappa shape index (κ3) is 11.6. The van der Waals surface area contributed by atoms with E-state index >= 15 is 0 Å². The summed E-state index contributed by atoms with van der Waals surface area (Å²) in [6.07, 6.45) is 0.486. The van der Waals surface area contributed by atoms with Crippen LogP contribution < -0.4 is 32.0 Å². The molecule has 4 atom stereocenters. The van der Waals surface area contributed by atoms with E-state index in [1.54, 1.807) is 43.3 Å². The second-order valence-corrected chi connectivity index (χ2v) is 14.7. The molecule has 0 aromatic heterocycles. The number of rotatable bonds is 17. The van der Waals surface area contributed by atoms with E-state index in [0.717, 1.165) is 11.1 Å². The Kier molecular flexibility index (Phi) is 16.5. The molecular weight excluding hydrogens is 725 g/mol. The highest BCUT2D eigenvalue weighted by Crippen LogP contribution is 2.41. The maximum absolute atomic E-state index is 14.6. The molecule has 0 saturated heterocycles. The van der Waals surface area contributed by atoms with E-state index in [0.29, 0.717) is 58.7 Å². The number of likely N-dealkylation sites (N-methyl/N-ethyl adjacent to an activating group) is 1. The summed E-state index contributed by atoms with van der Waals surface area (Å²) in [6.45, 7) is 6.54. The Labute approximate surface area is 335 Å². The predicted molar refractivity (Wildman–Crippen MR) is 217 cm³/mol. The normalized spacial score (nSPS) is 17.4. The molecule has 0 radical (unpaired) electrons. The third-order valence-electron chi connectivity index (χ3n) is 10.2. The zero-order valence-corrected chi connectivity index (χ0v) is 33.5. The zero-order chi connectivity index (χ0) is 41.6. The Morgan fingerprint density at radius 2 is 1.58 bits per heavy atom. The van der Waals surface area contributed by atoms with Gasteiger partial charge in [0.1, 0.15) is 30.8 Å². The number of Topliss-reactive ketones (excluding diaryl/α,β-unsaturated/α-hetero) is 3. The molecule has 3 aromatic carbocycles. The summed E-state index contributed by atoms with van der Waals surface area (Å²) in [5.41, 5.74) is 22.1. The maximum atomic E-state index is 14.6. The molecule has 57 heavy (non-hydrogen) atoms. The molecule has 4 bridgehead atoms. The van der Waals surface area contributed by atoms with Gasteiger partial charge in [-0.3, -0.25) is 24.0 Å². The number of carbonyl (C=O) groups is 5. The molecule has 304 valence electrons. The van der Waals surface area contributed by atoms with Crippen molar-refractivity contribution in [2.75, 3.05) is 39.9 Å². The molecule has 0 spiro atoms. The number of ketones is 3. The number of ether oxygens (including phenoxy) is 2. The zero-order valence-electron chi connectivity index (χ0n) is 33.5. The number of benzene rings is 3. The van der Waals surface area contributed by atoms with Crippen LogP contribution in [0.4, 0.5) is 0 Å². The van der Waals surface area contributed by atoms with E-state index < -0.39 is 41.5 Å². The van der Waals surface area contributed by atoms with Gasteiger partial charge < -0.3 is 36.9 Å². The van der Waals surface area contributed by atoms with Crippen LogP contribution >= 0.6 is 0 Å². The van der Waals surface area contributed by atoms with Crippen molar-refractivity contribution in [2.45, 2.75) is 77.8 Å². The summed E-state index contributed by atoms with van der Waals surface area (Å²) in [6, 6.07) is 16.0. The van der Waals surface area contributed by atoms with Crippen molar-refractivity contribution in [3.8, 4) is 28.7 Å². The van der Waals surface area contributed by atoms with Crippen LogP contribution in [0.2, 0.25) is 0 Å². The fourth-order valence-corrected chi connectivity index (χ4v) is 7.26. The summed E-state index contributed by atoms with van der Waals surface area (Å²) in [5, 5.41) is 12.0. The highest BCUT2D eigenvalue weighted by molar-refractivity contribution is 6.01. The molecule has 1 aliphatic heterocycles. The lowest BCUT2D eigenvalue weighted by Gasteiger charge is -2.32. The van der Waals surface area contributed by atoms with E-state index in [2.05, 4.69) is 5.32 Å². The largest absolute Gasteiger partial charge is 0.492 e. The van der Waals surface area contributed by atoms with Gasteiger partial charge in [-0.25, -0.2) is 0 Å². The van der Waals surface area contributed by atoms with Crippen molar-refractivity contribution in [1.29, 1.82) is 5.26 Å².